The minimum Gasteiger partial charge on any atom is -0.346 e. The summed E-state index contributed by atoms with van der Waals surface area (Å²) in [5, 5.41) is 21.5. The van der Waals surface area contributed by atoms with Crippen molar-refractivity contribution in [3.8, 4) is 22.5 Å². The van der Waals surface area contributed by atoms with E-state index >= 15 is 0 Å². The van der Waals surface area contributed by atoms with Gasteiger partial charge in [0.05, 0.1) is 5.75 Å². The van der Waals surface area contributed by atoms with Gasteiger partial charge in [-0.1, -0.05) is 114 Å². The number of nitrogens with zero attached hydrogens (tertiary/aromatic N) is 5. The van der Waals surface area contributed by atoms with Crippen LogP contribution in [0.2, 0.25) is 0 Å². The molecule has 35 heavy (non-hydrogen) atoms. The minimum atomic E-state index is -0.237. The number of hydrogen-bond acceptors (Lipinski definition) is 8. The Kier molecular flexibility index (Phi) is 7.16. The first-order valence-corrected chi connectivity index (χ1v) is 12.7. The van der Waals surface area contributed by atoms with Gasteiger partial charge in [0.25, 0.3) is 5.91 Å². The first kappa shape index (κ1) is 22.8. The smallest absolute Gasteiger partial charge is 0.282 e. The quantitative estimate of drug-likeness (QED) is 0.292. The third-order valence-electron chi connectivity index (χ3n) is 5.04. The molecule has 0 spiro atoms. The van der Waals surface area contributed by atoms with E-state index in [1.54, 1.807) is 0 Å². The summed E-state index contributed by atoms with van der Waals surface area (Å²) in [6.07, 6.45) is 0. The lowest BCUT2D eigenvalue weighted by atomic mass is 10.0. The summed E-state index contributed by atoms with van der Waals surface area (Å²) < 4.78 is 0. The second-order valence-corrected chi connectivity index (χ2v) is 9.49. The maximum atomic E-state index is 12.4. The maximum Gasteiger partial charge on any atom is 0.282 e. The van der Waals surface area contributed by atoms with E-state index in [0.717, 1.165) is 33.1 Å². The second-order valence-electron chi connectivity index (χ2n) is 7.48. The first-order chi connectivity index (χ1) is 17.3. The van der Waals surface area contributed by atoms with Gasteiger partial charge < -0.3 is 5.32 Å². The zero-order valence-electron chi connectivity index (χ0n) is 18.5. The van der Waals surface area contributed by atoms with Crippen LogP contribution < -0.4 is 5.32 Å². The molecule has 0 bridgehead atoms. The number of hydrogen-bond donors (Lipinski definition) is 1. The Bertz CT molecular complexity index is 1410. The number of carbonyl (C=O) groups excluding carboxylic acids is 1. The van der Waals surface area contributed by atoms with E-state index in [9.17, 15) is 4.79 Å². The Balaban J connectivity index is 1.29. The summed E-state index contributed by atoms with van der Waals surface area (Å²) in [7, 11) is 0. The molecule has 0 saturated carbocycles. The minimum absolute atomic E-state index is 0.237. The molecule has 0 radical (unpaired) electrons. The van der Waals surface area contributed by atoms with Gasteiger partial charge in [-0.25, -0.2) is 4.98 Å². The fourth-order valence-electron chi connectivity index (χ4n) is 3.34. The molecule has 2 heterocycles. The van der Waals surface area contributed by atoms with Crippen LogP contribution in [0.3, 0.4) is 0 Å². The van der Waals surface area contributed by atoms with Gasteiger partial charge >= 0.3 is 0 Å². The molecule has 0 aliphatic carbocycles. The van der Waals surface area contributed by atoms with Crippen LogP contribution in [-0.2, 0) is 12.3 Å². The van der Waals surface area contributed by atoms with Gasteiger partial charge in [-0.2, -0.15) is 0 Å². The topological polar surface area (TPSA) is 93.6 Å². The molecular formula is C26H20N6OS2. The Morgan fingerprint density at radius 3 is 2.06 bits per heavy atom. The van der Waals surface area contributed by atoms with Gasteiger partial charge in [0.2, 0.25) is 10.2 Å². The molecule has 9 heteroatoms. The van der Waals surface area contributed by atoms with Crippen molar-refractivity contribution in [3.63, 3.8) is 0 Å². The zero-order valence-corrected chi connectivity index (χ0v) is 20.2. The van der Waals surface area contributed by atoms with Crippen LogP contribution in [0.1, 0.15) is 20.4 Å². The van der Waals surface area contributed by atoms with Gasteiger partial charge in [0, 0.05) is 17.7 Å². The van der Waals surface area contributed by atoms with Crippen molar-refractivity contribution in [2.24, 2.45) is 0 Å². The fourth-order valence-corrected chi connectivity index (χ4v) is 4.87. The van der Waals surface area contributed by atoms with Crippen LogP contribution in [0.25, 0.3) is 22.5 Å². The fraction of sp³-hybridized carbons (Fsp3) is 0.0769. The van der Waals surface area contributed by atoms with Gasteiger partial charge in [-0.05, 0) is 5.56 Å². The lowest BCUT2D eigenvalue weighted by molar-refractivity contribution is 0.0950. The van der Waals surface area contributed by atoms with E-state index in [1.807, 2.05) is 91.0 Å². The molecule has 5 rings (SSSR count). The van der Waals surface area contributed by atoms with Crippen LogP contribution in [0.5, 0.6) is 0 Å². The van der Waals surface area contributed by atoms with Crippen LogP contribution in [0.4, 0.5) is 0 Å². The molecule has 3 aromatic carbocycles. The number of aromatic nitrogens is 5. The Hall–Kier alpha value is -3.95. The highest BCUT2D eigenvalue weighted by Crippen LogP contribution is 2.30. The average Bonchev–Trinajstić information content (AvgIpc) is 3.41. The molecule has 5 aromatic rings. The highest BCUT2D eigenvalue weighted by atomic mass is 32.2. The lowest BCUT2D eigenvalue weighted by Gasteiger charge is -2.09. The second kappa shape index (κ2) is 11.0. The van der Waals surface area contributed by atoms with Gasteiger partial charge in [-0.3, -0.25) is 4.79 Å². The molecule has 1 amide bonds. The third-order valence-corrected chi connectivity index (χ3v) is 7.00. The Labute approximate surface area is 210 Å². The van der Waals surface area contributed by atoms with Crippen molar-refractivity contribution in [1.29, 1.82) is 0 Å². The van der Waals surface area contributed by atoms with Crippen LogP contribution in [0.15, 0.2) is 96.2 Å². The Morgan fingerprint density at radius 1 is 0.743 bits per heavy atom. The monoisotopic (exact) mass is 496 g/mol. The largest absolute Gasteiger partial charge is 0.346 e. The van der Waals surface area contributed by atoms with Crippen LogP contribution in [-0.4, -0.2) is 31.3 Å². The summed E-state index contributed by atoms with van der Waals surface area (Å²) in [5.74, 6) is 0.253. The maximum absolute atomic E-state index is 12.4. The zero-order chi connectivity index (χ0) is 23.9. The van der Waals surface area contributed by atoms with Crippen molar-refractivity contribution < 1.29 is 4.79 Å². The number of rotatable bonds is 8. The number of carbonyl (C=O) groups is 1. The lowest BCUT2D eigenvalue weighted by Crippen LogP contribution is -2.22. The SMILES string of the molecule is O=C(NCc1ccccc1)c1nnc(CSc2nnc(-c3ccccc3)c(-c3ccccc3)n2)s1. The van der Waals surface area contributed by atoms with E-state index in [0.29, 0.717) is 22.5 Å². The number of benzene rings is 3. The summed E-state index contributed by atoms with van der Waals surface area (Å²) in [5.41, 5.74) is 4.45. The molecule has 172 valence electrons. The molecule has 0 atom stereocenters. The number of nitrogens with one attached hydrogen (secondary N) is 1. The van der Waals surface area contributed by atoms with E-state index in [4.69, 9.17) is 4.98 Å². The molecule has 0 aliphatic rings. The standard InChI is InChI=1S/C26H20N6OS2/c33-24(27-16-18-10-4-1-5-11-18)25-31-29-21(35-25)17-34-26-28-22(19-12-6-2-7-13-19)23(30-32-26)20-14-8-3-9-15-20/h1-15H,16-17H2,(H,27,33). The average molecular weight is 497 g/mol. The van der Waals surface area contributed by atoms with E-state index in [1.165, 1.54) is 23.1 Å². The van der Waals surface area contributed by atoms with Crippen molar-refractivity contribution in [2.45, 2.75) is 17.5 Å². The van der Waals surface area contributed by atoms with Crippen molar-refractivity contribution in [1.82, 2.24) is 30.7 Å². The van der Waals surface area contributed by atoms with Crippen LogP contribution >= 0.6 is 23.1 Å². The van der Waals surface area contributed by atoms with E-state index in [-0.39, 0.29) is 5.91 Å². The molecule has 0 aliphatic heterocycles. The summed E-state index contributed by atoms with van der Waals surface area (Å²) in [4.78, 5) is 17.2. The molecular weight excluding hydrogens is 476 g/mol. The molecule has 1 N–H and O–H groups in total. The predicted octanol–water partition coefficient (Wildman–Crippen LogP) is 5.28. The molecule has 0 fully saturated rings. The van der Waals surface area contributed by atoms with Gasteiger partial charge in [0.15, 0.2) is 0 Å². The van der Waals surface area contributed by atoms with Gasteiger partial charge in [0.1, 0.15) is 16.4 Å². The summed E-state index contributed by atoms with van der Waals surface area (Å²) in [6, 6.07) is 29.6. The predicted molar refractivity (Wildman–Crippen MR) is 138 cm³/mol. The van der Waals surface area contributed by atoms with Crippen molar-refractivity contribution >= 4 is 29.0 Å². The number of amides is 1. The Morgan fingerprint density at radius 2 is 1.37 bits per heavy atom. The molecule has 0 unspecified atom stereocenters. The first-order valence-electron chi connectivity index (χ1n) is 10.9. The van der Waals surface area contributed by atoms with Gasteiger partial charge in [-0.15, -0.1) is 20.4 Å². The molecule has 0 saturated heterocycles. The molecule has 7 nitrogen and oxygen atoms in total. The van der Waals surface area contributed by atoms with Crippen LogP contribution in [0, 0.1) is 0 Å². The molecule has 2 aromatic heterocycles. The van der Waals surface area contributed by atoms with Crippen molar-refractivity contribution in [2.75, 3.05) is 0 Å². The normalized spacial score (nSPS) is 10.7. The van der Waals surface area contributed by atoms with Crippen molar-refractivity contribution in [3.05, 3.63) is 107 Å². The van der Waals surface area contributed by atoms with E-state index in [2.05, 4.69) is 25.7 Å². The highest BCUT2D eigenvalue weighted by molar-refractivity contribution is 7.98. The summed E-state index contributed by atoms with van der Waals surface area (Å²) in [6.45, 7) is 0.443. The summed E-state index contributed by atoms with van der Waals surface area (Å²) >= 11 is 2.68. The highest BCUT2D eigenvalue weighted by Gasteiger charge is 2.16. The third kappa shape index (κ3) is 5.76. The van der Waals surface area contributed by atoms with E-state index < -0.39 is 0 Å². The number of thioether (sulfide) groups is 1.